The minimum Gasteiger partial charge on any atom is -0.330 e. The first kappa shape index (κ1) is 9.92. The van der Waals surface area contributed by atoms with Gasteiger partial charge in [-0.1, -0.05) is 20.3 Å². The van der Waals surface area contributed by atoms with E-state index in [1.165, 1.54) is 6.42 Å². The zero-order valence-electron chi connectivity index (χ0n) is 7.14. The Morgan fingerprint density at radius 2 is 1.90 bits per heavy atom. The molecule has 62 valence electrons. The largest absolute Gasteiger partial charge is 0.330 e. The zero-order valence-corrected chi connectivity index (χ0v) is 7.14. The number of hydrogen-bond donors (Lipinski definition) is 2. The summed E-state index contributed by atoms with van der Waals surface area (Å²) in [6.45, 7) is 6.00. The van der Waals surface area contributed by atoms with Crippen molar-refractivity contribution in [1.82, 2.24) is 0 Å². The van der Waals surface area contributed by atoms with Crippen LogP contribution in [0.2, 0.25) is 0 Å². The van der Waals surface area contributed by atoms with Gasteiger partial charge in [0.1, 0.15) is 0 Å². The molecule has 0 amide bonds. The van der Waals surface area contributed by atoms with Crippen molar-refractivity contribution in [2.45, 2.75) is 26.7 Å². The maximum atomic E-state index is 5.58. The molecule has 2 nitrogen and oxygen atoms in total. The molecule has 0 aromatic rings. The lowest BCUT2D eigenvalue weighted by atomic mass is 9.89. The molecule has 0 aliphatic carbocycles. The maximum Gasteiger partial charge on any atom is -0.00458 e. The molecule has 0 aromatic carbocycles. The summed E-state index contributed by atoms with van der Waals surface area (Å²) in [5, 5.41) is 0. The third-order valence-corrected chi connectivity index (χ3v) is 2.29. The summed E-state index contributed by atoms with van der Waals surface area (Å²) in [6.07, 6.45) is 2.29. The van der Waals surface area contributed by atoms with E-state index in [2.05, 4.69) is 13.8 Å². The summed E-state index contributed by atoms with van der Waals surface area (Å²) >= 11 is 0. The van der Waals surface area contributed by atoms with E-state index >= 15 is 0 Å². The van der Waals surface area contributed by atoms with Crippen LogP contribution in [0.1, 0.15) is 26.7 Å². The number of nitrogens with two attached hydrogens (primary N) is 2. The fraction of sp³-hybridized carbons (Fsp3) is 1.00. The molecule has 0 fully saturated rings. The van der Waals surface area contributed by atoms with E-state index in [1.54, 1.807) is 0 Å². The molecule has 10 heavy (non-hydrogen) atoms. The Balaban J connectivity index is 3.56. The molecular formula is C8H20N2. The van der Waals surface area contributed by atoms with Crippen LogP contribution in [0, 0.1) is 11.8 Å². The van der Waals surface area contributed by atoms with Gasteiger partial charge in [0.05, 0.1) is 0 Å². The number of rotatable bonds is 5. The Kier molecular flexibility index (Phi) is 5.64. The van der Waals surface area contributed by atoms with Crippen LogP contribution < -0.4 is 11.5 Å². The van der Waals surface area contributed by atoms with Gasteiger partial charge < -0.3 is 11.5 Å². The van der Waals surface area contributed by atoms with E-state index in [0.717, 1.165) is 25.4 Å². The lowest BCUT2D eigenvalue weighted by Gasteiger charge is -2.19. The van der Waals surface area contributed by atoms with Gasteiger partial charge in [-0.3, -0.25) is 0 Å². The van der Waals surface area contributed by atoms with Crippen LogP contribution in [0.15, 0.2) is 0 Å². The van der Waals surface area contributed by atoms with E-state index in [-0.39, 0.29) is 0 Å². The normalized spacial score (nSPS) is 16.8. The molecule has 0 heterocycles. The smallest absolute Gasteiger partial charge is 0.00458 e. The molecule has 0 aliphatic heterocycles. The Morgan fingerprint density at radius 3 is 2.20 bits per heavy atom. The minimum absolute atomic E-state index is 0.634. The lowest BCUT2D eigenvalue weighted by molar-refractivity contribution is 0.339. The van der Waals surface area contributed by atoms with Gasteiger partial charge >= 0.3 is 0 Å². The Morgan fingerprint density at radius 1 is 1.30 bits per heavy atom. The quantitative estimate of drug-likeness (QED) is 0.603. The second kappa shape index (κ2) is 5.69. The molecule has 2 unspecified atom stereocenters. The third-order valence-electron chi connectivity index (χ3n) is 2.29. The van der Waals surface area contributed by atoms with E-state index in [4.69, 9.17) is 11.5 Å². The van der Waals surface area contributed by atoms with Crippen LogP contribution in [0.4, 0.5) is 0 Å². The van der Waals surface area contributed by atoms with Crippen LogP contribution in [-0.2, 0) is 0 Å². The van der Waals surface area contributed by atoms with E-state index < -0.39 is 0 Å². The van der Waals surface area contributed by atoms with Crippen molar-refractivity contribution in [2.75, 3.05) is 13.1 Å². The zero-order chi connectivity index (χ0) is 7.98. The topological polar surface area (TPSA) is 52.0 Å². The van der Waals surface area contributed by atoms with Crippen LogP contribution in [-0.4, -0.2) is 13.1 Å². The van der Waals surface area contributed by atoms with Gasteiger partial charge in [-0.05, 0) is 31.3 Å². The van der Waals surface area contributed by atoms with Gasteiger partial charge in [-0.15, -0.1) is 0 Å². The summed E-state index contributed by atoms with van der Waals surface area (Å²) in [7, 11) is 0. The van der Waals surface area contributed by atoms with Crippen molar-refractivity contribution in [2.24, 2.45) is 23.3 Å². The molecule has 2 heteroatoms. The van der Waals surface area contributed by atoms with Crippen molar-refractivity contribution in [3.05, 3.63) is 0 Å². The molecule has 0 bridgehead atoms. The second-order valence-electron chi connectivity index (χ2n) is 2.96. The Labute approximate surface area is 64.0 Å². The molecule has 0 rings (SSSR count). The van der Waals surface area contributed by atoms with Gasteiger partial charge in [0.2, 0.25) is 0 Å². The van der Waals surface area contributed by atoms with Crippen molar-refractivity contribution in [3.8, 4) is 0 Å². The van der Waals surface area contributed by atoms with Gasteiger partial charge in [0, 0.05) is 0 Å². The monoisotopic (exact) mass is 144 g/mol. The van der Waals surface area contributed by atoms with Crippen molar-refractivity contribution >= 4 is 0 Å². The highest BCUT2D eigenvalue weighted by molar-refractivity contribution is 4.66. The molecule has 0 aromatic heterocycles. The van der Waals surface area contributed by atoms with Crippen molar-refractivity contribution < 1.29 is 0 Å². The van der Waals surface area contributed by atoms with E-state index in [9.17, 15) is 0 Å². The maximum absolute atomic E-state index is 5.58. The molecule has 0 saturated heterocycles. The predicted molar refractivity (Wildman–Crippen MR) is 45.7 cm³/mol. The number of hydrogen-bond acceptors (Lipinski definition) is 2. The van der Waals surface area contributed by atoms with Crippen LogP contribution >= 0.6 is 0 Å². The van der Waals surface area contributed by atoms with E-state index in [1.807, 2.05) is 0 Å². The fourth-order valence-electron chi connectivity index (χ4n) is 1.18. The van der Waals surface area contributed by atoms with Gasteiger partial charge in [-0.2, -0.15) is 0 Å². The summed E-state index contributed by atoms with van der Waals surface area (Å²) < 4.78 is 0. The van der Waals surface area contributed by atoms with E-state index in [0.29, 0.717) is 5.92 Å². The first-order valence-electron chi connectivity index (χ1n) is 4.16. The second-order valence-corrected chi connectivity index (χ2v) is 2.96. The van der Waals surface area contributed by atoms with Crippen LogP contribution in [0.5, 0.6) is 0 Å². The average Bonchev–Trinajstić information content (AvgIpc) is 1.99. The average molecular weight is 144 g/mol. The summed E-state index contributed by atoms with van der Waals surface area (Å²) in [4.78, 5) is 0. The highest BCUT2D eigenvalue weighted by Crippen LogP contribution is 2.16. The van der Waals surface area contributed by atoms with Gasteiger partial charge in [0.25, 0.3) is 0 Å². The Bertz CT molecular complexity index is 73.7. The van der Waals surface area contributed by atoms with Crippen molar-refractivity contribution in [3.63, 3.8) is 0 Å². The molecule has 0 radical (unpaired) electrons. The molecule has 0 aliphatic rings. The first-order chi connectivity index (χ1) is 4.76. The lowest BCUT2D eigenvalue weighted by Crippen LogP contribution is -2.23. The minimum atomic E-state index is 0.634. The highest BCUT2D eigenvalue weighted by atomic mass is 14.6. The Hall–Kier alpha value is -0.0800. The molecule has 0 spiro atoms. The molecule has 0 saturated carbocycles. The van der Waals surface area contributed by atoms with Gasteiger partial charge in [0.15, 0.2) is 0 Å². The summed E-state index contributed by atoms with van der Waals surface area (Å²) in [5.41, 5.74) is 11.0. The van der Waals surface area contributed by atoms with Crippen LogP contribution in [0.3, 0.4) is 0 Å². The van der Waals surface area contributed by atoms with Crippen LogP contribution in [0.25, 0.3) is 0 Å². The molecule has 2 atom stereocenters. The SMILES string of the molecule is CCC(C)C(CN)CCN. The van der Waals surface area contributed by atoms with Gasteiger partial charge in [-0.25, -0.2) is 0 Å². The first-order valence-corrected chi connectivity index (χ1v) is 4.16. The molecular weight excluding hydrogens is 124 g/mol. The third kappa shape index (κ3) is 3.18. The highest BCUT2D eigenvalue weighted by Gasteiger charge is 2.11. The summed E-state index contributed by atoms with van der Waals surface area (Å²) in [6, 6.07) is 0. The summed E-state index contributed by atoms with van der Waals surface area (Å²) in [5.74, 6) is 1.36. The fourth-order valence-corrected chi connectivity index (χ4v) is 1.18. The molecule has 4 N–H and O–H groups in total. The van der Waals surface area contributed by atoms with Crippen molar-refractivity contribution in [1.29, 1.82) is 0 Å². The predicted octanol–water partition coefficient (Wildman–Crippen LogP) is 0.956. The standard InChI is InChI=1S/C8H20N2/c1-3-7(2)8(6-10)4-5-9/h7-8H,3-6,9-10H2,1-2H3.